The Morgan fingerprint density at radius 2 is 1.71 bits per heavy atom. The van der Waals surface area contributed by atoms with E-state index < -0.39 is 0 Å². The summed E-state index contributed by atoms with van der Waals surface area (Å²) in [5, 5.41) is 0. The highest BCUT2D eigenvalue weighted by Crippen LogP contribution is 2.31. The third kappa shape index (κ3) is 3.16. The summed E-state index contributed by atoms with van der Waals surface area (Å²) < 4.78 is 5.08. The molecule has 124 valence electrons. The van der Waals surface area contributed by atoms with E-state index in [9.17, 15) is 9.59 Å². The fourth-order valence-corrected chi connectivity index (χ4v) is 2.92. The van der Waals surface area contributed by atoms with Crippen molar-refractivity contribution < 1.29 is 14.3 Å². The number of imide groups is 1. The molecule has 1 saturated heterocycles. The van der Waals surface area contributed by atoms with Gasteiger partial charge in [0.25, 0.3) is 5.91 Å². The van der Waals surface area contributed by atoms with E-state index in [1.165, 1.54) is 4.90 Å². The molecular formula is C19H20N2O3. The normalized spacial score (nSPS) is 17.4. The highest BCUT2D eigenvalue weighted by atomic mass is 16.5. The number of methoxy groups -OCH3 is 1. The number of urea groups is 1. The lowest BCUT2D eigenvalue weighted by atomic mass is 10.1. The Balaban J connectivity index is 1.92. The van der Waals surface area contributed by atoms with Crippen LogP contribution in [0.25, 0.3) is 0 Å². The minimum absolute atomic E-state index is 0.269. The van der Waals surface area contributed by atoms with Gasteiger partial charge in [-0.3, -0.25) is 9.69 Å². The third-order valence-electron chi connectivity index (χ3n) is 4.17. The van der Waals surface area contributed by atoms with Crippen molar-refractivity contribution in [1.29, 1.82) is 0 Å². The van der Waals surface area contributed by atoms with Crippen molar-refractivity contribution in [2.24, 2.45) is 0 Å². The van der Waals surface area contributed by atoms with Crippen molar-refractivity contribution in [3.8, 4) is 0 Å². The Hall–Kier alpha value is -2.66. The van der Waals surface area contributed by atoms with Gasteiger partial charge in [-0.1, -0.05) is 48.5 Å². The smallest absolute Gasteiger partial charge is 0.327 e. The lowest BCUT2D eigenvalue weighted by Crippen LogP contribution is -2.38. The van der Waals surface area contributed by atoms with E-state index >= 15 is 0 Å². The summed E-state index contributed by atoms with van der Waals surface area (Å²) in [6.07, 6.45) is 0. The second-order valence-corrected chi connectivity index (χ2v) is 5.69. The molecule has 0 saturated carbocycles. The summed E-state index contributed by atoms with van der Waals surface area (Å²) in [7, 11) is 1.60. The van der Waals surface area contributed by atoms with Crippen LogP contribution in [0.5, 0.6) is 0 Å². The van der Waals surface area contributed by atoms with Gasteiger partial charge in [-0.15, -0.1) is 0 Å². The van der Waals surface area contributed by atoms with E-state index in [0.29, 0.717) is 25.3 Å². The van der Waals surface area contributed by atoms with E-state index in [4.69, 9.17) is 4.74 Å². The molecule has 1 heterocycles. The molecule has 24 heavy (non-hydrogen) atoms. The molecule has 1 aliphatic rings. The predicted octanol–water partition coefficient (Wildman–Crippen LogP) is 2.95. The van der Waals surface area contributed by atoms with Crippen molar-refractivity contribution in [2.45, 2.75) is 6.04 Å². The zero-order valence-electron chi connectivity index (χ0n) is 13.6. The highest BCUT2D eigenvalue weighted by molar-refractivity contribution is 6.05. The summed E-state index contributed by atoms with van der Waals surface area (Å²) >= 11 is 0. The molecule has 0 radical (unpaired) electrons. The molecule has 2 aromatic carbocycles. The molecule has 3 amide bonds. The van der Waals surface area contributed by atoms with Crippen LogP contribution in [0.15, 0.2) is 60.7 Å². The lowest BCUT2D eigenvalue weighted by molar-refractivity contribution is 0.0779. The van der Waals surface area contributed by atoms with E-state index in [1.54, 1.807) is 36.3 Å². The molecule has 0 aliphatic carbocycles. The number of hydrogen-bond donors (Lipinski definition) is 0. The fourth-order valence-electron chi connectivity index (χ4n) is 2.92. The molecular weight excluding hydrogens is 304 g/mol. The average Bonchev–Trinajstić information content (AvgIpc) is 2.97. The maximum atomic E-state index is 12.9. The van der Waals surface area contributed by atoms with E-state index in [1.807, 2.05) is 36.4 Å². The molecule has 2 aromatic rings. The van der Waals surface area contributed by atoms with Gasteiger partial charge in [0.1, 0.15) is 0 Å². The number of nitrogens with zero attached hydrogens (tertiary/aromatic N) is 2. The fraction of sp³-hybridized carbons (Fsp3) is 0.263. The number of ether oxygens (including phenoxy) is 1. The standard InChI is InChI=1S/C19H20N2O3/c1-24-13-12-20-14-17(15-8-4-2-5-9-15)21(19(20)23)18(22)16-10-6-3-7-11-16/h2-11,17H,12-14H2,1H3. The van der Waals surface area contributed by atoms with Crippen LogP contribution < -0.4 is 0 Å². The van der Waals surface area contributed by atoms with Crippen molar-refractivity contribution >= 4 is 11.9 Å². The average molecular weight is 324 g/mol. The van der Waals surface area contributed by atoms with Crippen LogP contribution in [0.3, 0.4) is 0 Å². The number of hydrogen-bond acceptors (Lipinski definition) is 3. The summed E-state index contributed by atoms with van der Waals surface area (Å²) in [5.41, 5.74) is 1.47. The van der Waals surface area contributed by atoms with E-state index in [0.717, 1.165) is 5.56 Å². The minimum Gasteiger partial charge on any atom is -0.383 e. The molecule has 1 fully saturated rings. The summed E-state index contributed by atoms with van der Waals surface area (Å²) in [4.78, 5) is 28.7. The second-order valence-electron chi connectivity index (χ2n) is 5.69. The van der Waals surface area contributed by atoms with Gasteiger partial charge in [0.15, 0.2) is 0 Å². The van der Waals surface area contributed by atoms with Crippen LogP contribution in [0.1, 0.15) is 22.0 Å². The van der Waals surface area contributed by atoms with E-state index in [-0.39, 0.29) is 18.0 Å². The molecule has 0 bridgehead atoms. The molecule has 5 nitrogen and oxygen atoms in total. The molecule has 1 unspecified atom stereocenters. The molecule has 5 heteroatoms. The first-order valence-electron chi connectivity index (χ1n) is 7.93. The zero-order chi connectivity index (χ0) is 16.9. The van der Waals surface area contributed by atoms with Gasteiger partial charge in [0, 0.05) is 25.8 Å². The van der Waals surface area contributed by atoms with Gasteiger partial charge < -0.3 is 9.64 Å². The molecule has 1 aliphatic heterocycles. The Kier molecular flexibility index (Phi) is 4.91. The maximum absolute atomic E-state index is 12.9. The quantitative estimate of drug-likeness (QED) is 0.849. The molecule has 0 aromatic heterocycles. The highest BCUT2D eigenvalue weighted by Gasteiger charge is 2.41. The zero-order valence-corrected chi connectivity index (χ0v) is 13.6. The van der Waals surface area contributed by atoms with Crippen LogP contribution in [-0.4, -0.2) is 48.5 Å². The maximum Gasteiger partial charge on any atom is 0.327 e. The third-order valence-corrected chi connectivity index (χ3v) is 4.17. The summed E-state index contributed by atoms with van der Waals surface area (Å²) in [6, 6.07) is 18.0. The number of benzene rings is 2. The van der Waals surface area contributed by atoms with Gasteiger partial charge in [-0.2, -0.15) is 0 Å². The Morgan fingerprint density at radius 3 is 2.33 bits per heavy atom. The van der Waals surface area contributed by atoms with Gasteiger partial charge in [-0.05, 0) is 17.7 Å². The van der Waals surface area contributed by atoms with Crippen molar-refractivity contribution in [3.05, 3.63) is 71.8 Å². The SMILES string of the molecule is COCCN1CC(c2ccccc2)N(C(=O)c2ccccc2)C1=O. The van der Waals surface area contributed by atoms with Crippen LogP contribution >= 0.6 is 0 Å². The van der Waals surface area contributed by atoms with Gasteiger partial charge in [0.05, 0.1) is 12.6 Å². The minimum atomic E-state index is -0.289. The van der Waals surface area contributed by atoms with Crippen LogP contribution in [0, 0.1) is 0 Å². The Bertz CT molecular complexity index is 703. The van der Waals surface area contributed by atoms with Crippen molar-refractivity contribution in [3.63, 3.8) is 0 Å². The first-order chi connectivity index (χ1) is 11.7. The van der Waals surface area contributed by atoms with Gasteiger partial charge in [0.2, 0.25) is 0 Å². The number of amides is 3. The molecule has 1 atom stereocenters. The Morgan fingerprint density at radius 1 is 1.08 bits per heavy atom. The monoisotopic (exact) mass is 324 g/mol. The first-order valence-corrected chi connectivity index (χ1v) is 7.93. The largest absolute Gasteiger partial charge is 0.383 e. The topological polar surface area (TPSA) is 49.9 Å². The summed E-state index contributed by atoms with van der Waals surface area (Å²) in [5.74, 6) is -0.269. The van der Waals surface area contributed by atoms with Crippen LogP contribution in [0.2, 0.25) is 0 Å². The molecule has 3 rings (SSSR count). The lowest BCUT2D eigenvalue weighted by Gasteiger charge is -2.21. The first kappa shape index (κ1) is 16.2. The predicted molar refractivity (Wildman–Crippen MR) is 90.6 cm³/mol. The van der Waals surface area contributed by atoms with Crippen LogP contribution in [0.4, 0.5) is 4.79 Å². The summed E-state index contributed by atoms with van der Waals surface area (Å²) in [6.45, 7) is 1.39. The van der Waals surface area contributed by atoms with Crippen molar-refractivity contribution in [2.75, 3.05) is 26.8 Å². The van der Waals surface area contributed by atoms with Gasteiger partial charge >= 0.3 is 6.03 Å². The van der Waals surface area contributed by atoms with Gasteiger partial charge in [-0.25, -0.2) is 4.79 Å². The number of rotatable bonds is 5. The number of carbonyl (C=O) groups is 2. The van der Waals surface area contributed by atoms with E-state index in [2.05, 4.69) is 0 Å². The van der Waals surface area contributed by atoms with Crippen LogP contribution in [-0.2, 0) is 4.74 Å². The van der Waals surface area contributed by atoms with Crippen molar-refractivity contribution in [1.82, 2.24) is 9.80 Å². The molecule has 0 spiro atoms. The number of carbonyl (C=O) groups excluding carboxylic acids is 2. The molecule has 0 N–H and O–H groups in total. The second kappa shape index (κ2) is 7.27. The Labute approximate surface area is 141 Å².